The van der Waals surface area contributed by atoms with Gasteiger partial charge in [-0.2, -0.15) is 5.10 Å². The average molecular weight is 324 g/mol. The van der Waals surface area contributed by atoms with Crippen molar-refractivity contribution in [3.8, 4) is 0 Å². The molecular weight excluding hydrogens is 300 g/mol. The third-order valence-electron chi connectivity index (χ3n) is 3.99. The smallest absolute Gasteiger partial charge is 0.312 e. The fourth-order valence-electron chi connectivity index (χ4n) is 3.17. The first-order valence-corrected chi connectivity index (χ1v) is 7.74. The molecule has 1 amide bonds. The SMILES string of the molecule is Cc1nn(CCC(=O)N2C[C@@H](C)OC(C)(C)C2)c(C)c1[N+](=O)[O-]. The molecule has 0 aliphatic carbocycles. The van der Waals surface area contributed by atoms with Gasteiger partial charge in [0, 0.05) is 19.5 Å². The van der Waals surface area contributed by atoms with E-state index in [1.54, 1.807) is 23.4 Å². The van der Waals surface area contributed by atoms with Crippen LogP contribution in [0.15, 0.2) is 0 Å². The maximum atomic E-state index is 12.4. The van der Waals surface area contributed by atoms with E-state index in [4.69, 9.17) is 4.74 Å². The van der Waals surface area contributed by atoms with E-state index in [2.05, 4.69) is 5.10 Å². The summed E-state index contributed by atoms with van der Waals surface area (Å²) in [6.45, 7) is 10.6. The van der Waals surface area contributed by atoms with Gasteiger partial charge >= 0.3 is 5.69 Å². The van der Waals surface area contributed by atoms with E-state index in [0.717, 1.165) is 0 Å². The summed E-state index contributed by atoms with van der Waals surface area (Å²) in [5, 5.41) is 15.2. The first-order valence-electron chi connectivity index (χ1n) is 7.74. The van der Waals surface area contributed by atoms with E-state index >= 15 is 0 Å². The minimum atomic E-state index is -0.428. The second-order valence-corrected chi connectivity index (χ2v) is 6.71. The van der Waals surface area contributed by atoms with Gasteiger partial charge in [-0.3, -0.25) is 19.6 Å². The number of nitro groups is 1. The van der Waals surface area contributed by atoms with Crippen LogP contribution in [0.5, 0.6) is 0 Å². The van der Waals surface area contributed by atoms with Crippen molar-refractivity contribution in [3.05, 3.63) is 21.5 Å². The summed E-state index contributed by atoms with van der Waals surface area (Å²) in [6, 6.07) is 0. The van der Waals surface area contributed by atoms with Crippen LogP contribution in [-0.2, 0) is 16.1 Å². The molecule has 1 saturated heterocycles. The highest BCUT2D eigenvalue weighted by Crippen LogP contribution is 2.23. The summed E-state index contributed by atoms with van der Waals surface area (Å²) in [5.74, 6) is 0.0171. The van der Waals surface area contributed by atoms with Gasteiger partial charge in [-0.1, -0.05) is 0 Å². The Kier molecular flexibility index (Phi) is 4.74. The third-order valence-corrected chi connectivity index (χ3v) is 3.99. The van der Waals surface area contributed by atoms with Gasteiger partial charge in [0.25, 0.3) is 0 Å². The van der Waals surface area contributed by atoms with Crippen LogP contribution in [0.4, 0.5) is 5.69 Å². The standard InChI is InChI=1S/C15H24N4O4/c1-10-8-17(9-15(4,5)23-10)13(20)6-7-18-12(3)14(19(21)22)11(2)16-18/h10H,6-9H2,1-5H3/t10-/m1/s1. The molecule has 128 valence electrons. The number of hydrogen-bond acceptors (Lipinski definition) is 5. The number of carbonyl (C=O) groups is 1. The molecule has 2 heterocycles. The molecule has 0 unspecified atom stereocenters. The average Bonchev–Trinajstić information content (AvgIpc) is 2.68. The number of carbonyl (C=O) groups excluding carboxylic acids is 1. The van der Waals surface area contributed by atoms with E-state index in [1.165, 1.54) is 0 Å². The molecule has 1 atom stereocenters. The van der Waals surface area contributed by atoms with Gasteiger partial charge in [0.05, 0.1) is 23.2 Å². The van der Waals surface area contributed by atoms with Gasteiger partial charge in [-0.05, 0) is 34.6 Å². The normalized spacial score (nSPS) is 20.6. The Bertz CT molecular complexity index is 623. The van der Waals surface area contributed by atoms with E-state index in [1.807, 2.05) is 20.8 Å². The maximum Gasteiger partial charge on any atom is 0.312 e. The molecule has 0 spiro atoms. The van der Waals surface area contributed by atoms with Crippen molar-refractivity contribution in [2.24, 2.45) is 0 Å². The quantitative estimate of drug-likeness (QED) is 0.622. The van der Waals surface area contributed by atoms with Crippen molar-refractivity contribution >= 4 is 11.6 Å². The van der Waals surface area contributed by atoms with Crippen LogP contribution >= 0.6 is 0 Å². The molecule has 2 rings (SSSR count). The van der Waals surface area contributed by atoms with Crippen molar-refractivity contribution in [1.29, 1.82) is 0 Å². The number of morpholine rings is 1. The first kappa shape index (κ1) is 17.4. The summed E-state index contributed by atoms with van der Waals surface area (Å²) in [6.07, 6.45) is 0.263. The largest absolute Gasteiger partial charge is 0.369 e. The lowest BCUT2D eigenvalue weighted by Crippen LogP contribution is -2.53. The van der Waals surface area contributed by atoms with Crippen molar-refractivity contribution in [1.82, 2.24) is 14.7 Å². The Morgan fingerprint density at radius 3 is 2.65 bits per heavy atom. The number of ether oxygens (including phenoxy) is 1. The molecule has 1 aromatic heterocycles. The highest BCUT2D eigenvalue weighted by atomic mass is 16.6. The lowest BCUT2D eigenvalue weighted by Gasteiger charge is -2.41. The maximum absolute atomic E-state index is 12.4. The highest BCUT2D eigenvalue weighted by Gasteiger charge is 2.33. The first-order chi connectivity index (χ1) is 10.6. The molecule has 1 aromatic rings. The molecule has 0 aromatic carbocycles. The zero-order valence-corrected chi connectivity index (χ0v) is 14.3. The summed E-state index contributed by atoms with van der Waals surface area (Å²) in [7, 11) is 0. The van der Waals surface area contributed by atoms with E-state index in [9.17, 15) is 14.9 Å². The van der Waals surface area contributed by atoms with Crippen molar-refractivity contribution in [3.63, 3.8) is 0 Å². The molecule has 0 saturated carbocycles. The number of amides is 1. The molecule has 8 nitrogen and oxygen atoms in total. The lowest BCUT2D eigenvalue weighted by atomic mass is 10.1. The highest BCUT2D eigenvalue weighted by molar-refractivity contribution is 5.76. The molecule has 1 fully saturated rings. The minimum Gasteiger partial charge on any atom is -0.369 e. The predicted molar refractivity (Wildman–Crippen MR) is 84.2 cm³/mol. The Morgan fingerprint density at radius 2 is 2.13 bits per heavy atom. The molecule has 0 N–H and O–H groups in total. The van der Waals surface area contributed by atoms with Gasteiger partial charge in [0.1, 0.15) is 11.4 Å². The summed E-state index contributed by atoms with van der Waals surface area (Å²) in [4.78, 5) is 24.8. The molecular formula is C15H24N4O4. The van der Waals surface area contributed by atoms with E-state index in [0.29, 0.717) is 31.0 Å². The fourth-order valence-corrected chi connectivity index (χ4v) is 3.17. The van der Waals surface area contributed by atoms with Crippen molar-refractivity contribution in [2.45, 2.75) is 59.3 Å². The zero-order chi connectivity index (χ0) is 17.4. The summed E-state index contributed by atoms with van der Waals surface area (Å²) in [5.41, 5.74) is 0.528. The molecule has 1 aliphatic heterocycles. The predicted octanol–water partition coefficient (Wildman–Crippen LogP) is 1.82. The van der Waals surface area contributed by atoms with Crippen LogP contribution in [0.25, 0.3) is 0 Å². The van der Waals surface area contributed by atoms with Gasteiger partial charge in [-0.15, -0.1) is 0 Å². The van der Waals surface area contributed by atoms with Crippen LogP contribution < -0.4 is 0 Å². The molecule has 0 bridgehead atoms. The van der Waals surface area contributed by atoms with Crippen LogP contribution in [0, 0.1) is 24.0 Å². The Balaban J connectivity index is 2.02. The van der Waals surface area contributed by atoms with Crippen LogP contribution in [0.2, 0.25) is 0 Å². The van der Waals surface area contributed by atoms with Crippen molar-refractivity contribution < 1.29 is 14.5 Å². The lowest BCUT2D eigenvalue weighted by molar-refractivity contribution is -0.386. The molecule has 23 heavy (non-hydrogen) atoms. The molecule has 8 heteroatoms. The van der Waals surface area contributed by atoms with Crippen molar-refractivity contribution in [2.75, 3.05) is 13.1 Å². The van der Waals surface area contributed by atoms with E-state index in [-0.39, 0.29) is 29.7 Å². The second kappa shape index (κ2) is 6.27. The summed E-state index contributed by atoms with van der Waals surface area (Å²) >= 11 is 0. The van der Waals surface area contributed by atoms with E-state index < -0.39 is 4.92 Å². The third kappa shape index (κ3) is 3.87. The number of aromatic nitrogens is 2. The number of rotatable bonds is 4. The van der Waals surface area contributed by atoms with Gasteiger partial charge < -0.3 is 9.64 Å². The van der Waals surface area contributed by atoms with Gasteiger partial charge in [0.15, 0.2) is 0 Å². The zero-order valence-electron chi connectivity index (χ0n) is 14.3. The van der Waals surface area contributed by atoms with Gasteiger partial charge in [0.2, 0.25) is 5.91 Å². The van der Waals surface area contributed by atoms with Crippen LogP contribution in [0.3, 0.4) is 0 Å². The Morgan fingerprint density at radius 1 is 1.48 bits per heavy atom. The topological polar surface area (TPSA) is 90.5 Å². The monoisotopic (exact) mass is 324 g/mol. The van der Waals surface area contributed by atoms with Gasteiger partial charge in [-0.25, -0.2) is 0 Å². The Hall–Kier alpha value is -1.96. The fraction of sp³-hybridized carbons (Fsp3) is 0.733. The minimum absolute atomic E-state index is 0.00234. The molecule has 0 radical (unpaired) electrons. The number of nitrogens with zero attached hydrogens (tertiary/aromatic N) is 4. The Labute approximate surface area is 135 Å². The second-order valence-electron chi connectivity index (χ2n) is 6.71. The molecule has 1 aliphatic rings. The van der Waals surface area contributed by atoms with Crippen LogP contribution in [-0.4, -0.2) is 50.3 Å². The number of hydrogen-bond donors (Lipinski definition) is 0. The van der Waals surface area contributed by atoms with Crippen LogP contribution in [0.1, 0.15) is 38.6 Å². The summed E-state index contributed by atoms with van der Waals surface area (Å²) < 4.78 is 7.34. The number of aryl methyl sites for hydroxylation is 2.